The molecule has 0 aliphatic rings. The second kappa shape index (κ2) is 52.5. The van der Waals surface area contributed by atoms with Gasteiger partial charge in [0.25, 0.3) is 0 Å². The maximum absolute atomic E-state index is 12.7. The van der Waals surface area contributed by atoms with E-state index in [-0.39, 0.29) is 38.6 Å². The molecule has 71 heavy (non-hydrogen) atoms. The fourth-order valence-corrected chi connectivity index (χ4v) is 7.49. The minimum atomic E-state index is -1.62. The molecule has 9 heteroatoms. The van der Waals surface area contributed by atoms with Crippen molar-refractivity contribution >= 4 is 17.9 Å². The largest absolute Gasteiger partial charge is 0.545 e. The van der Waals surface area contributed by atoms with Gasteiger partial charge in [-0.05, 0) is 77.0 Å². The molecule has 0 rings (SSSR count). The Bertz CT molecular complexity index is 1480. The molecule has 0 saturated heterocycles. The highest BCUT2D eigenvalue weighted by atomic mass is 16.7. The lowest BCUT2D eigenvalue weighted by Gasteiger charge is -2.26. The molecular formula is C62H105NO8. The summed E-state index contributed by atoms with van der Waals surface area (Å²) in [5.74, 6) is -2.30. The zero-order valence-corrected chi connectivity index (χ0v) is 46.1. The maximum atomic E-state index is 12.7. The molecule has 0 aromatic heterocycles. The zero-order valence-electron chi connectivity index (χ0n) is 46.1. The van der Waals surface area contributed by atoms with Crippen LogP contribution in [0.1, 0.15) is 219 Å². The SMILES string of the molecule is CC/C=C\C/C=C\C/C=C\C/C=C\C/C=C\C/C=C\C/C=C\C/C=C\CCCCCCCCCCCCCCCCCCC(=O)OC(COC(=O)CCCCCCC)COC(OCC[N+](C)(C)C)C(=O)[O-]. The normalized spacial score (nSPS) is 13.5. The van der Waals surface area contributed by atoms with Crippen LogP contribution < -0.4 is 5.11 Å². The average Bonchev–Trinajstić information content (AvgIpc) is 3.34. The van der Waals surface area contributed by atoms with E-state index >= 15 is 0 Å². The number of aliphatic carboxylic acids is 1. The van der Waals surface area contributed by atoms with Gasteiger partial charge < -0.3 is 33.3 Å². The molecule has 0 spiro atoms. The van der Waals surface area contributed by atoms with Gasteiger partial charge in [-0.3, -0.25) is 9.59 Å². The monoisotopic (exact) mass is 992 g/mol. The number of quaternary nitrogens is 1. The Morgan fingerprint density at radius 1 is 0.437 bits per heavy atom. The van der Waals surface area contributed by atoms with Crippen molar-refractivity contribution in [1.82, 2.24) is 0 Å². The van der Waals surface area contributed by atoms with Crippen molar-refractivity contribution in [3.63, 3.8) is 0 Å². The number of hydrogen-bond acceptors (Lipinski definition) is 8. The third-order valence-corrected chi connectivity index (χ3v) is 11.8. The smallest absolute Gasteiger partial charge is 0.306 e. The van der Waals surface area contributed by atoms with Crippen LogP contribution in [0.4, 0.5) is 0 Å². The van der Waals surface area contributed by atoms with Gasteiger partial charge in [0.1, 0.15) is 13.2 Å². The Labute approximate surface area is 435 Å². The van der Waals surface area contributed by atoms with Crippen LogP contribution in [0.3, 0.4) is 0 Å². The summed E-state index contributed by atoms with van der Waals surface area (Å²) in [6.07, 6.45) is 68.2. The number of hydrogen-bond donors (Lipinski definition) is 0. The molecule has 0 aliphatic heterocycles. The summed E-state index contributed by atoms with van der Waals surface area (Å²) >= 11 is 0. The number of carbonyl (C=O) groups is 3. The van der Waals surface area contributed by atoms with Gasteiger partial charge in [-0.1, -0.05) is 227 Å². The maximum Gasteiger partial charge on any atom is 0.306 e. The predicted octanol–water partition coefficient (Wildman–Crippen LogP) is 15.2. The van der Waals surface area contributed by atoms with E-state index in [1.54, 1.807) is 0 Å². The minimum Gasteiger partial charge on any atom is -0.545 e. The van der Waals surface area contributed by atoms with Crippen LogP contribution in [-0.4, -0.2) is 82.3 Å². The zero-order chi connectivity index (χ0) is 52.0. The minimum absolute atomic E-state index is 0.146. The van der Waals surface area contributed by atoms with Gasteiger partial charge >= 0.3 is 11.9 Å². The first-order chi connectivity index (χ1) is 34.6. The van der Waals surface area contributed by atoms with Gasteiger partial charge in [0.15, 0.2) is 12.4 Å². The first-order valence-electron chi connectivity index (χ1n) is 28.4. The van der Waals surface area contributed by atoms with E-state index in [0.717, 1.165) is 103 Å². The van der Waals surface area contributed by atoms with E-state index in [2.05, 4.69) is 111 Å². The molecule has 0 N–H and O–H groups in total. The lowest BCUT2D eigenvalue weighted by Crippen LogP contribution is -2.44. The summed E-state index contributed by atoms with van der Waals surface area (Å²) in [5.41, 5.74) is 0. The Kier molecular flexibility index (Phi) is 49.7. The summed E-state index contributed by atoms with van der Waals surface area (Å²) in [6.45, 7) is 4.52. The van der Waals surface area contributed by atoms with Gasteiger partial charge in [-0.2, -0.15) is 0 Å². The van der Waals surface area contributed by atoms with E-state index in [1.807, 2.05) is 21.1 Å². The number of ether oxygens (including phenoxy) is 4. The van der Waals surface area contributed by atoms with Crippen LogP contribution in [-0.2, 0) is 33.3 Å². The number of unbranched alkanes of at least 4 members (excludes halogenated alkanes) is 20. The van der Waals surface area contributed by atoms with E-state index in [9.17, 15) is 19.5 Å². The molecule has 0 aromatic rings. The highest BCUT2D eigenvalue weighted by molar-refractivity contribution is 5.70. The van der Waals surface area contributed by atoms with Crippen LogP contribution >= 0.6 is 0 Å². The Morgan fingerprint density at radius 2 is 0.803 bits per heavy atom. The molecule has 0 saturated carbocycles. The molecule has 0 heterocycles. The molecule has 0 bridgehead atoms. The molecule has 0 fully saturated rings. The van der Waals surface area contributed by atoms with Crippen molar-refractivity contribution in [1.29, 1.82) is 0 Å². The van der Waals surface area contributed by atoms with Crippen LogP contribution in [0.2, 0.25) is 0 Å². The van der Waals surface area contributed by atoms with Gasteiger partial charge in [-0.25, -0.2) is 0 Å². The number of carboxylic acid groups (broad SMARTS) is 1. The molecule has 9 nitrogen and oxygen atoms in total. The lowest BCUT2D eigenvalue weighted by atomic mass is 10.0. The van der Waals surface area contributed by atoms with Crippen molar-refractivity contribution in [3.8, 4) is 0 Å². The molecular weight excluding hydrogens is 887 g/mol. The lowest BCUT2D eigenvalue weighted by molar-refractivity contribution is -0.870. The summed E-state index contributed by atoms with van der Waals surface area (Å²) in [7, 11) is 5.90. The predicted molar refractivity (Wildman–Crippen MR) is 297 cm³/mol. The quantitative estimate of drug-likeness (QED) is 0.0195. The molecule has 0 radical (unpaired) electrons. The summed E-state index contributed by atoms with van der Waals surface area (Å²) in [5, 5.41) is 11.7. The molecule has 0 amide bonds. The van der Waals surface area contributed by atoms with Crippen LogP contribution in [0, 0.1) is 0 Å². The highest BCUT2D eigenvalue weighted by Crippen LogP contribution is 2.16. The molecule has 0 aliphatic carbocycles. The first kappa shape index (κ1) is 67.2. The van der Waals surface area contributed by atoms with Crippen molar-refractivity contribution in [3.05, 3.63) is 97.2 Å². The van der Waals surface area contributed by atoms with Gasteiger partial charge in [0.05, 0.1) is 40.3 Å². The number of allylic oxidation sites excluding steroid dienone is 16. The highest BCUT2D eigenvalue weighted by Gasteiger charge is 2.22. The van der Waals surface area contributed by atoms with Gasteiger partial charge in [0.2, 0.25) is 0 Å². The van der Waals surface area contributed by atoms with Crippen molar-refractivity contribution in [2.75, 3.05) is 47.5 Å². The number of carbonyl (C=O) groups excluding carboxylic acids is 3. The van der Waals surface area contributed by atoms with Gasteiger partial charge in [-0.15, -0.1) is 0 Å². The van der Waals surface area contributed by atoms with E-state index in [1.165, 1.54) is 83.5 Å². The van der Waals surface area contributed by atoms with Crippen molar-refractivity contribution in [2.45, 2.75) is 232 Å². The second-order valence-electron chi connectivity index (χ2n) is 19.9. The summed E-state index contributed by atoms with van der Waals surface area (Å²) in [6, 6.07) is 0. The molecule has 2 atom stereocenters. The van der Waals surface area contributed by atoms with Crippen molar-refractivity contribution in [2.24, 2.45) is 0 Å². The number of nitrogens with zero attached hydrogens (tertiary/aromatic N) is 1. The summed E-state index contributed by atoms with van der Waals surface area (Å²) in [4.78, 5) is 36.8. The molecule has 406 valence electrons. The number of rotatable bonds is 51. The van der Waals surface area contributed by atoms with Crippen LogP contribution in [0.25, 0.3) is 0 Å². The fourth-order valence-electron chi connectivity index (χ4n) is 7.49. The topological polar surface area (TPSA) is 111 Å². The van der Waals surface area contributed by atoms with E-state index in [4.69, 9.17) is 18.9 Å². The Morgan fingerprint density at radius 3 is 1.20 bits per heavy atom. The van der Waals surface area contributed by atoms with Crippen LogP contribution in [0.5, 0.6) is 0 Å². The second-order valence-corrected chi connectivity index (χ2v) is 19.9. The third kappa shape index (κ3) is 53.8. The molecule has 2 unspecified atom stereocenters. The van der Waals surface area contributed by atoms with Crippen molar-refractivity contribution < 1.29 is 42.9 Å². The summed E-state index contributed by atoms with van der Waals surface area (Å²) < 4.78 is 22.4. The Hall–Kier alpha value is -3.79. The number of carboxylic acids is 1. The van der Waals surface area contributed by atoms with Gasteiger partial charge in [0, 0.05) is 12.8 Å². The third-order valence-electron chi connectivity index (χ3n) is 11.8. The molecule has 0 aromatic carbocycles. The van der Waals surface area contributed by atoms with Crippen LogP contribution in [0.15, 0.2) is 97.2 Å². The number of likely N-dealkylation sites (N-methyl/N-ethyl adjacent to an activating group) is 1. The van der Waals surface area contributed by atoms with E-state index in [0.29, 0.717) is 17.4 Å². The first-order valence-corrected chi connectivity index (χ1v) is 28.4. The average molecular weight is 993 g/mol. The fraction of sp³-hybridized carbons (Fsp3) is 0.694. The number of esters is 2. The van der Waals surface area contributed by atoms with E-state index < -0.39 is 24.3 Å². The standard InChI is InChI=1S/C62H105NO8/c1-6-8-10-12-13-14-15-16-17-18-19-20-21-22-23-24-25-26-27-28-29-30-31-32-33-34-35-36-37-38-39-40-41-42-43-44-45-46-47-49-51-53-60(65)71-58(56-69-59(64)52-50-48-11-9-7-2)57-70-62(61(66)67)68-55-54-63(3,4)5/h8,10,13-14,16-17,19-20,22-23,25-26,28-29,31-32,58,62H,6-7,9,11-12,15,18,21,24,27,30,33-57H2,1-5H3/b10-8-,14-13-,17-16-,20-19-,23-22-,26-25-,29-28-,32-31-. The Balaban J connectivity index is 3.88.